The van der Waals surface area contributed by atoms with Crippen molar-refractivity contribution in [3.05, 3.63) is 63.6 Å². The zero-order valence-corrected chi connectivity index (χ0v) is 13.1. The van der Waals surface area contributed by atoms with E-state index < -0.39 is 11.9 Å². The molecular formula is C15H11BrClNO3. The number of amides is 1. The Bertz CT molecular complexity index is 658. The number of nitrogens with one attached hydrogen (secondary N) is 1. The zero-order chi connectivity index (χ0) is 15.2. The third-order valence-corrected chi connectivity index (χ3v) is 3.27. The second-order valence-electron chi connectivity index (χ2n) is 4.14. The van der Waals surface area contributed by atoms with E-state index in [1.807, 2.05) is 0 Å². The molecule has 0 spiro atoms. The lowest BCUT2D eigenvalue weighted by atomic mass is 10.2. The van der Waals surface area contributed by atoms with Crippen molar-refractivity contribution in [3.8, 4) is 0 Å². The second-order valence-corrected chi connectivity index (χ2v) is 5.49. The normalized spacial score (nSPS) is 10.0. The van der Waals surface area contributed by atoms with E-state index in [1.54, 1.807) is 48.5 Å². The molecule has 0 aliphatic carbocycles. The van der Waals surface area contributed by atoms with Crippen LogP contribution in [0.4, 0.5) is 5.69 Å². The second kappa shape index (κ2) is 7.24. The molecule has 0 radical (unpaired) electrons. The van der Waals surface area contributed by atoms with Crippen LogP contribution in [0, 0.1) is 0 Å². The molecule has 0 saturated heterocycles. The first-order valence-corrected chi connectivity index (χ1v) is 7.20. The monoisotopic (exact) mass is 367 g/mol. The lowest BCUT2D eigenvalue weighted by molar-refractivity contribution is -0.119. The first-order valence-electron chi connectivity index (χ1n) is 6.03. The van der Waals surface area contributed by atoms with Gasteiger partial charge in [-0.3, -0.25) is 4.79 Å². The number of halogens is 2. The summed E-state index contributed by atoms with van der Waals surface area (Å²) in [5, 5.41) is 3.18. The fraction of sp³-hybridized carbons (Fsp3) is 0.0667. The molecule has 2 aromatic rings. The van der Waals surface area contributed by atoms with Gasteiger partial charge in [0.25, 0.3) is 5.91 Å². The van der Waals surface area contributed by atoms with Crippen LogP contribution < -0.4 is 5.32 Å². The molecule has 108 valence electrons. The topological polar surface area (TPSA) is 55.4 Å². The van der Waals surface area contributed by atoms with Crippen molar-refractivity contribution in [1.29, 1.82) is 0 Å². The minimum absolute atomic E-state index is 0.353. The molecular weight excluding hydrogens is 358 g/mol. The molecule has 0 aliphatic rings. The molecule has 0 heterocycles. The Morgan fingerprint density at radius 3 is 2.52 bits per heavy atom. The summed E-state index contributed by atoms with van der Waals surface area (Å²) in [4.78, 5) is 23.4. The van der Waals surface area contributed by atoms with E-state index in [1.165, 1.54) is 0 Å². The van der Waals surface area contributed by atoms with Crippen molar-refractivity contribution >= 4 is 45.1 Å². The summed E-state index contributed by atoms with van der Waals surface area (Å²) in [6.07, 6.45) is 0. The minimum atomic E-state index is -0.553. The van der Waals surface area contributed by atoms with Gasteiger partial charge in [-0.25, -0.2) is 4.79 Å². The van der Waals surface area contributed by atoms with E-state index in [-0.39, 0.29) is 6.61 Å². The largest absolute Gasteiger partial charge is 0.452 e. The van der Waals surface area contributed by atoms with E-state index in [9.17, 15) is 9.59 Å². The van der Waals surface area contributed by atoms with Gasteiger partial charge in [0.2, 0.25) is 0 Å². The number of hydrogen-bond donors (Lipinski definition) is 1. The van der Waals surface area contributed by atoms with Gasteiger partial charge in [0.05, 0.1) is 5.56 Å². The molecule has 1 N–H and O–H groups in total. The average Bonchev–Trinajstić information content (AvgIpc) is 2.47. The maximum Gasteiger partial charge on any atom is 0.338 e. The molecule has 4 nitrogen and oxygen atoms in total. The molecule has 0 unspecified atom stereocenters. The molecule has 21 heavy (non-hydrogen) atoms. The van der Waals surface area contributed by atoms with Gasteiger partial charge in [0, 0.05) is 15.2 Å². The van der Waals surface area contributed by atoms with Crippen LogP contribution in [0.25, 0.3) is 0 Å². The fourth-order valence-corrected chi connectivity index (χ4v) is 2.09. The number of ether oxygens (including phenoxy) is 1. The van der Waals surface area contributed by atoms with Crippen LogP contribution in [0.3, 0.4) is 0 Å². The van der Waals surface area contributed by atoms with E-state index in [0.717, 1.165) is 4.47 Å². The number of carbonyl (C=O) groups excluding carboxylic acids is 2. The third-order valence-electron chi connectivity index (χ3n) is 2.52. The van der Waals surface area contributed by atoms with E-state index >= 15 is 0 Å². The first-order chi connectivity index (χ1) is 10.0. The Labute approximate surface area is 135 Å². The van der Waals surface area contributed by atoms with Crippen LogP contribution in [-0.4, -0.2) is 18.5 Å². The van der Waals surface area contributed by atoms with Crippen molar-refractivity contribution in [2.75, 3.05) is 11.9 Å². The standard InChI is InChI=1S/C15H11BrClNO3/c16-11-3-1-2-10(8-11)15(20)21-9-14(19)18-13-6-4-12(17)5-7-13/h1-8H,9H2,(H,18,19). The first kappa shape index (κ1) is 15.5. The van der Waals surface area contributed by atoms with Crippen LogP contribution in [0.1, 0.15) is 10.4 Å². The van der Waals surface area contributed by atoms with E-state index in [4.69, 9.17) is 16.3 Å². The number of anilines is 1. The summed E-state index contributed by atoms with van der Waals surface area (Å²) in [7, 11) is 0. The van der Waals surface area contributed by atoms with Gasteiger partial charge in [-0.15, -0.1) is 0 Å². The molecule has 0 saturated carbocycles. The predicted molar refractivity (Wildman–Crippen MR) is 84.5 cm³/mol. The molecule has 0 aromatic heterocycles. The van der Waals surface area contributed by atoms with Crippen LogP contribution >= 0.6 is 27.5 Å². The van der Waals surface area contributed by atoms with Gasteiger partial charge in [0.1, 0.15) is 0 Å². The Hall–Kier alpha value is -1.85. The molecule has 1 amide bonds. The van der Waals surface area contributed by atoms with Crippen molar-refractivity contribution in [2.24, 2.45) is 0 Å². The van der Waals surface area contributed by atoms with E-state index in [2.05, 4.69) is 21.2 Å². The van der Waals surface area contributed by atoms with Crippen LogP contribution in [0.5, 0.6) is 0 Å². The molecule has 0 bridgehead atoms. The van der Waals surface area contributed by atoms with Gasteiger partial charge < -0.3 is 10.1 Å². The number of hydrogen-bond acceptors (Lipinski definition) is 3. The SMILES string of the molecule is O=C(COC(=O)c1cccc(Br)c1)Nc1ccc(Cl)cc1. The summed E-state index contributed by atoms with van der Waals surface area (Å²) in [5.41, 5.74) is 0.964. The van der Waals surface area contributed by atoms with Gasteiger partial charge in [-0.05, 0) is 42.5 Å². The number of benzene rings is 2. The van der Waals surface area contributed by atoms with Gasteiger partial charge in [0.15, 0.2) is 6.61 Å². The maximum atomic E-state index is 11.8. The third kappa shape index (κ3) is 4.88. The molecule has 2 aromatic carbocycles. The average molecular weight is 369 g/mol. The van der Waals surface area contributed by atoms with Gasteiger partial charge >= 0.3 is 5.97 Å². The number of rotatable bonds is 4. The van der Waals surface area contributed by atoms with Crippen molar-refractivity contribution in [2.45, 2.75) is 0 Å². The van der Waals surface area contributed by atoms with Gasteiger partial charge in [-0.1, -0.05) is 33.6 Å². The Kier molecular flexibility index (Phi) is 5.36. The summed E-state index contributed by atoms with van der Waals surface area (Å²) in [6, 6.07) is 13.4. The highest BCUT2D eigenvalue weighted by Gasteiger charge is 2.10. The Morgan fingerprint density at radius 1 is 1.14 bits per heavy atom. The molecule has 6 heteroatoms. The quantitative estimate of drug-likeness (QED) is 0.833. The highest BCUT2D eigenvalue weighted by molar-refractivity contribution is 9.10. The molecule has 0 fully saturated rings. The minimum Gasteiger partial charge on any atom is -0.452 e. The smallest absolute Gasteiger partial charge is 0.338 e. The van der Waals surface area contributed by atoms with E-state index in [0.29, 0.717) is 16.3 Å². The van der Waals surface area contributed by atoms with Gasteiger partial charge in [-0.2, -0.15) is 0 Å². The van der Waals surface area contributed by atoms with Crippen LogP contribution in [-0.2, 0) is 9.53 Å². The van der Waals surface area contributed by atoms with Crippen LogP contribution in [0.2, 0.25) is 5.02 Å². The Balaban J connectivity index is 1.86. The summed E-state index contributed by atoms with van der Waals surface area (Å²) < 4.78 is 5.71. The lowest BCUT2D eigenvalue weighted by Gasteiger charge is -2.07. The van der Waals surface area contributed by atoms with Crippen LogP contribution in [0.15, 0.2) is 53.0 Å². The number of esters is 1. The fourth-order valence-electron chi connectivity index (χ4n) is 1.56. The highest BCUT2D eigenvalue weighted by atomic mass is 79.9. The highest BCUT2D eigenvalue weighted by Crippen LogP contribution is 2.14. The summed E-state index contributed by atoms with van der Waals surface area (Å²) in [5.74, 6) is -0.969. The van der Waals surface area contributed by atoms with Crippen molar-refractivity contribution in [3.63, 3.8) is 0 Å². The maximum absolute atomic E-state index is 11.8. The summed E-state index contributed by atoms with van der Waals surface area (Å²) in [6.45, 7) is -0.353. The van der Waals surface area contributed by atoms with Crippen molar-refractivity contribution < 1.29 is 14.3 Å². The predicted octanol–water partition coefficient (Wildman–Crippen LogP) is 3.90. The molecule has 0 atom stereocenters. The number of carbonyl (C=O) groups is 2. The summed E-state index contributed by atoms with van der Waals surface area (Å²) >= 11 is 9.01. The Morgan fingerprint density at radius 2 is 1.86 bits per heavy atom. The molecule has 0 aliphatic heterocycles. The lowest BCUT2D eigenvalue weighted by Crippen LogP contribution is -2.20. The zero-order valence-electron chi connectivity index (χ0n) is 10.8. The molecule has 2 rings (SSSR count). The van der Waals surface area contributed by atoms with Crippen molar-refractivity contribution in [1.82, 2.24) is 0 Å².